The summed E-state index contributed by atoms with van der Waals surface area (Å²) in [5.41, 5.74) is 0.211. The van der Waals surface area contributed by atoms with Gasteiger partial charge in [0.2, 0.25) is 0 Å². The first-order valence-electron chi connectivity index (χ1n) is 8.48. The second kappa shape index (κ2) is 7.45. The highest BCUT2D eigenvalue weighted by Gasteiger charge is 2.39. The molecule has 23 heavy (non-hydrogen) atoms. The van der Waals surface area contributed by atoms with Crippen LogP contribution in [0.3, 0.4) is 0 Å². The van der Waals surface area contributed by atoms with E-state index in [0.29, 0.717) is 23.6 Å². The molecule has 1 saturated heterocycles. The first-order valence-corrected chi connectivity index (χ1v) is 8.48. The van der Waals surface area contributed by atoms with E-state index in [2.05, 4.69) is 30.7 Å². The fourth-order valence-electron chi connectivity index (χ4n) is 3.32. The number of rotatable bonds is 6. The Bertz CT molecular complexity index is 523. The Morgan fingerprint density at radius 2 is 2.00 bits per heavy atom. The molecule has 0 radical (unpaired) electrons. The molecule has 126 valence electrons. The van der Waals surface area contributed by atoms with Crippen LogP contribution >= 0.6 is 0 Å². The van der Waals surface area contributed by atoms with E-state index in [4.69, 9.17) is 10.0 Å². The zero-order chi connectivity index (χ0) is 17.0. The lowest BCUT2D eigenvalue weighted by Crippen LogP contribution is -2.45. The van der Waals surface area contributed by atoms with Gasteiger partial charge in [-0.15, -0.1) is 0 Å². The number of ketones is 1. The lowest BCUT2D eigenvalue weighted by molar-refractivity contribution is -0.131. The number of carbonyl (C=O) groups is 1. The molecule has 1 aromatic heterocycles. The van der Waals surface area contributed by atoms with Crippen LogP contribution in [0.2, 0.25) is 0 Å². The molecule has 2 heterocycles. The highest BCUT2D eigenvalue weighted by atomic mass is 16.4. The number of hydrogen-bond donors (Lipinski definition) is 2. The van der Waals surface area contributed by atoms with E-state index in [1.165, 1.54) is 6.20 Å². The lowest BCUT2D eigenvalue weighted by Gasteiger charge is -2.41. The maximum absolute atomic E-state index is 12.6. The average Bonchev–Trinajstić information content (AvgIpc) is 2.54. The Labute approximate surface area is 138 Å². The van der Waals surface area contributed by atoms with E-state index in [9.17, 15) is 4.79 Å². The van der Waals surface area contributed by atoms with Gasteiger partial charge in [0.25, 0.3) is 0 Å². The van der Waals surface area contributed by atoms with Gasteiger partial charge in [0.05, 0.1) is 0 Å². The topological polar surface area (TPSA) is 73.7 Å². The number of hydrogen-bond acceptors (Lipinski definition) is 5. The van der Waals surface area contributed by atoms with Crippen LogP contribution in [0.1, 0.15) is 46.5 Å². The van der Waals surface area contributed by atoms with E-state index in [1.807, 2.05) is 6.07 Å². The van der Waals surface area contributed by atoms with Crippen LogP contribution in [0.5, 0.6) is 0 Å². The van der Waals surface area contributed by atoms with Crippen molar-refractivity contribution in [2.75, 3.05) is 18.0 Å². The maximum Gasteiger partial charge on any atom is 0.490 e. The summed E-state index contributed by atoms with van der Waals surface area (Å²) in [5, 5.41) is 18.2. The van der Waals surface area contributed by atoms with E-state index in [0.717, 1.165) is 38.2 Å². The summed E-state index contributed by atoms with van der Waals surface area (Å²) >= 11 is 0. The molecule has 2 N–H and O–H groups in total. The lowest BCUT2D eigenvalue weighted by atomic mass is 9.71. The van der Waals surface area contributed by atoms with Crippen molar-refractivity contribution in [1.82, 2.24) is 4.98 Å². The predicted octanol–water partition coefficient (Wildman–Crippen LogP) is 1.37. The van der Waals surface area contributed by atoms with Crippen molar-refractivity contribution in [2.45, 2.75) is 46.5 Å². The van der Waals surface area contributed by atoms with Crippen LogP contribution in [0.25, 0.3) is 0 Å². The number of anilines is 1. The van der Waals surface area contributed by atoms with Gasteiger partial charge in [-0.25, -0.2) is 4.98 Å². The minimum Gasteiger partial charge on any atom is -0.423 e. The van der Waals surface area contributed by atoms with Gasteiger partial charge in [-0.1, -0.05) is 26.8 Å². The number of aromatic nitrogens is 1. The summed E-state index contributed by atoms with van der Waals surface area (Å²) in [6, 6.07) is 3.49. The van der Waals surface area contributed by atoms with Crippen LogP contribution in [0, 0.1) is 11.3 Å². The van der Waals surface area contributed by atoms with E-state index >= 15 is 0 Å². The molecule has 5 nitrogen and oxygen atoms in total. The zero-order valence-electron chi connectivity index (χ0n) is 14.3. The van der Waals surface area contributed by atoms with Crippen LogP contribution < -0.4 is 10.4 Å². The average molecular weight is 318 g/mol. The van der Waals surface area contributed by atoms with Crippen molar-refractivity contribution in [1.29, 1.82) is 0 Å². The monoisotopic (exact) mass is 318 g/mol. The molecule has 1 aliphatic heterocycles. The standard InChI is InChI=1S/C17H27BN2O3/c1-4-17(15(21)11-13(2)3)7-9-20(10-8-17)16-6-5-14(12-19-16)18(22)23/h5-6,12-13,22-23H,4,7-11H2,1-3H3. The first kappa shape index (κ1) is 18.0. The van der Waals surface area contributed by atoms with Crippen molar-refractivity contribution >= 4 is 24.2 Å². The minimum atomic E-state index is -1.49. The van der Waals surface area contributed by atoms with Crippen LogP contribution in [0.15, 0.2) is 18.3 Å². The van der Waals surface area contributed by atoms with Gasteiger partial charge in [0.1, 0.15) is 11.6 Å². The quantitative estimate of drug-likeness (QED) is 0.775. The van der Waals surface area contributed by atoms with Crippen molar-refractivity contribution < 1.29 is 14.8 Å². The number of carbonyl (C=O) groups excluding carboxylic acids is 1. The van der Waals surface area contributed by atoms with Gasteiger partial charge >= 0.3 is 7.12 Å². The molecule has 1 aromatic rings. The molecule has 0 saturated carbocycles. The van der Waals surface area contributed by atoms with Crippen molar-refractivity contribution in [3.05, 3.63) is 18.3 Å². The second-order valence-corrected chi connectivity index (χ2v) is 6.97. The Kier molecular flexibility index (Phi) is 5.81. The third kappa shape index (κ3) is 4.12. The third-order valence-corrected chi connectivity index (χ3v) is 4.98. The molecule has 6 heteroatoms. The molecule has 0 aliphatic carbocycles. The number of pyridine rings is 1. The van der Waals surface area contributed by atoms with Crippen molar-refractivity contribution in [3.63, 3.8) is 0 Å². The Morgan fingerprint density at radius 3 is 2.43 bits per heavy atom. The van der Waals surface area contributed by atoms with E-state index in [1.54, 1.807) is 6.07 Å². The number of piperidine rings is 1. The van der Waals surface area contributed by atoms with E-state index < -0.39 is 7.12 Å². The molecule has 0 atom stereocenters. The van der Waals surface area contributed by atoms with Gasteiger partial charge in [-0.3, -0.25) is 4.79 Å². The van der Waals surface area contributed by atoms with Gasteiger partial charge in [0, 0.05) is 36.6 Å². The Hall–Kier alpha value is -1.40. The highest BCUT2D eigenvalue weighted by molar-refractivity contribution is 6.58. The maximum atomic E-state index is 12.6. The molecular formula is C17H27BN2O3. The van der Waals surface area contributed by atoms with E-state index in [-0.39, 0.29) is 5.41 Å². The minimum absolute atomic E-state index is 0.179. The van der Waals surface area contributed by atoms with Crippen LogP contribution in [-0.4, -0.2) is 41.0 Å². The predicted molar refractivity (Wildman–Crippen MR) is 92.7 cm³/mol. The SMILES string of the molecule is CCC1(C(=O)CC(C)C)CCN(c2ccc(B(O)O)cn2)CC1. The fourth-order valence-corrected chi connectivity index (χ4v) is 3.32. The summed E-state index contributed by atoms with van der Waals surface area (Å²) in [5.74, 6) is 1.64. The van der Waals surface area contributed by atoms with Crippen molar-refractivity contribution in [2.24, 2.45) is 11.3 Å². The first-order chi connectivity index (χ1) is 10.9. The van der Waals surface area contributed by atoms with Crippen LogP contribution in [0.4, 0.5) is 5.82 Å². The molecular weight excluding hydrogens is 291 g/mol. The summed E-state index contributed by atoms with van der Waals surface area (Å²) in [4.78, 5) is 19.1. The molecule has 0 bridgehead atoms. The highest BCUT2D eigenvalue weighted by Crippen LogP contribution is 2.38. The zero-order valence-corrected chi connectivity index (χ0v) is 14.3. The van der Waals surface area contributed by atoms with Gasteiger partial charge in [0.15, 0.2) is 0 Å². The van der Waals surface area contributed by atoms with Crippen molar-refractivity contribution in [3.8, 4) is 0 Å². The molecule has 0 aromatic carbocycles. The molecule has 1 fully saturated rings. The molecule has 1 aliphatic rings. The Morgan fingerprint density at radius 1 is 1.35 bits per heavy atom. The molecule has 0 amide bonds. The fraction of sp³-hybridized carbons (Fsp3) is 0.647. The smallest absolute Gasteiger partial charge is 0.423 e. The number of nitrogens with zero attached hydrogens (tertiary/aromatic N) is 2. The van der Waals surface area contributed by atoms with Gasteiger partial charge < -0.3 is 14.9 Å². The summed E-state index contributed by atoms with van der Waals surface area (Å²) in [6.45, 7) is 7.93. The van der Waals surface area contributed by atoms with Gasteiger partial charge in [-0.2, -0.15) is 0 Å². The summed E-state index contributed by atoms with van der Waals surface area (Å²) in [7, 11) is -1.49. The van der Waals surface area contributed by atoms with Crippen LogP contribution in [-0.2, 0) is 4.79 Å². The Balaban J connectivity index is 2.03. The molecule has 0 spiro atoms. The number of Topliss-reactive ketones (excluding diaryl/α,β-unsaturated/α-hetero) is 1. The summed E-state index contributed by atoms with van der Waals surface area (Å²) in [6.07, 6.45) is 4.78. The summed E-state index contributed by atoms with van der Waals surface area (Å²) < 4.78 is 0. The molecule has 2 rings (SSSR count). The third-order valence-electron chi connectivity index (χ3n) is 4.98. The van der Waals surface area contributed by atoms with Gasteiger partial charge in [-0.05, 0) is 31.2 Å². The molecule has 0 unspecified atom stereocenters. The largest absolute Gasteiger partial charge is 0.490 e. The second-order valence-electron chi connectivity index (χ2n) is 6.97. The normalized spacial score (nSPS) is 17.4.